The van der Waals surface area contributed by atoms with Crippen molar-refractivity contribution in [3.05, 3.63) is 29.8 Å². The smallest absolute Gasteiger partial charge is 0.233 e. The minimum atomic E-state index is 0.233. The molecule has 150 valence electrons. The normalized spacial score (nSPS) is 25.9. The number of rotatable bonds is 4. The van der Waals surface area contributed by atoms with Crippen LogP contribution in [-0.2, 0) is 11.8 Å². The number of carbonyl (C=O) groups is 1. The zero-order valence-corrected chi connectivity index (χ0v) is 18.3. The topological polar surface area (TPSA) is 51.0 Å². The average Bonchev–Trinajstić information content (AvgIpc) is 3.09. The van der Waals surface area contributed by atoms with Gasteiger partial charge in [-0.05, 0) is 42.6 Å². The van der Waals surface area contributed by atoms with Crippen LogP contribution >= 0.6 is 11.8 Å². The fourth-order valence-corrected chi connectivity index (χ4v) is 6.26. The molecule has 1 aromatic heterocycles. The van der Waals surface area contributed by atoms with E-state index in [1.54, 1.807) is 0 Å². The Labute approximate surface area is 171 Å². The molecule has 28 heavy (non-hydrogen) atoms. The van der Waals surface area contributed by atoms with Gasteiger partial charge in [-0.2, -0.15) is 0 Å². The van der Waals surface area contributed by atoms with E-state index in [1.165, 1.54) is 23.7 Å². The first-order valence-corrected chi connectivity index (χ1v) is 11.0. The number of aromatic nitrogens is 3. The predicted octanol–water partition coefficient (Wildman–Crippen LogP) is 4.31. The first-order valence-electron chi connectivity index (χ1n) is 10.1. The molecule has 6 heteroatoms. The van der Waals surface area contributed by atoms with Crippen LogP contribution < -0.4 is 0 Å². The molecule has 2 heterocycles. The summed E-state index contributed by atoms with van der Waals surface area (Å²) in [5, 5.41) is 9.50. The highest BCUT2D eigenvalue weighted by molar-refractivity contribution is 7.99. The zero-order chi connectivity index (χ0) is 20.1. The molecule has 2 aliphatic rings. The Morgan fingerprint density at radius 2 is 1.96 bits per heavy atom. The van der Waals surface area contributed by atoms with Gasteiger partial charge >= 0.3 is 0 Å². The van der Waals surface area contributed by atoms with Gasteiger partial charge in [0.2, 0.25) is 5.91 Å². The average molecular weight is 399 g/mol. The van der Waals surface area contributed by atoms with E-state index in [2.05, 4.69) is 54.9 Å². The summed E-state index contributed by atoms with van der Waals surface area (Å²) < 4.78 is 1.99. The van der Waals surface area contributed by atoms with Crippen molar-refractivity contribution in [3.8, 4) is 11.4 Å². The van der Waals surface area contributed by atoms with E-state index in [0.29, 0.717) is 17.2 Å². The number of hydrogen-bond acceptors (Lipinski definition) is 4. The quantitative estimate of drug-likeness (QED) is 0.720. The van der Waals surface area contributed by atoms with Crippen molar-refractivity contribution in [1.29, 1.82) is 0 Å². The number of thioether (sulfide) groups is 1. The molecule has 1 aromatic carbocycles. The van der Waals surface area contributed by atoms with Crippen LogP contribution in [0.3, 0.4) is 0 Å². The number of carbonyl (C=O) groups excluding carboxylic acids is 1. The minimum absolute atomic E-state index is 0.233. The Morgan fingerprint density at radius 3 is 2.71 bits per heavy atom. The second-order valence-corrected chi connectivity index (χ2v) is 10.6. The van der Waals surface area contributed by atoms with E-state index in [-0.39, 0.29) is 11.3 Å². The number of hydrogen-bond donors (Lipinski definition) is 0. The molecule has 1 saturated heterocycles. The van der Waals surface area contributed by atoms with Crippen molar-refractivity contribution in [2.75, 3.05) is 12.3 Å². The van der Waals surface area contributed by atoms with Crippen LogP contribution in [0.25, 0.3) is 11.4 Å². The Hall–Kier alpha value is -1.82. The number of likely N-dealkylation sites (tertiary alicyclic amines) is 1. The molecule has 1 amide bonds. The summed E-state index contributed by atoms with van der Waals surface area (Å²) in [6, 6.07) is 8.57. The summed E-state index contributed by atoms with van der Waals surface area (Å²) in [5.74, 6) is 1.50. The number of fused-ring (bicyclic) bond motifs is 2. The molecule has 4 rings (SSSR count). The van der Waals surface area contributed by atoms with Crippen LogP contribution in [0.5, 0.6) is 0 Å². The third-order valence-corrected chi connectivity index (χ3v) is 7.29. The van der Waals surface area contributed by atoms with E-state index in [1.807, 2.05) is 23.7 Å². The monoisotopic (exact) mass is 398 g/mol. The fraction of sp³-hybridized carbons (Fsp3) is 0.591. The van der Waals surface area contributed by atoms with Crippen molar-refractivity contribution < 1.29 is 4.79 Å². The second kappa shape index (κ2) is 6.90. The Kier molecular flexibility index (Phi) is 4.81. The van der Waals surface area contributed by atoms with Gasteiger partial charge in [0.25, 0.3) is 0 Å². The van der Waals surface area contributed by atoms with Gasteiger partial charge in [0.05, 0.1) is 5.75 Å². The molecular weight excluding hydrogens is 368 g/mol. The Bertz CT molecular complexity index is 906. The summed E-state index contributed by atoms with van der Waals surface area (Å²) in [7, 11) is 1.97. The molecule has 0 N–H and O–H groups in total. The number of amides is 1. The molecule has 2 bridgehead atoms. The third-order valence-electron chi connectivity index (χ3n) is 6.28. The SMILES string of the molecule is Cc1ccccc1-c1nnc(SCC(=O)N2C[C@@]3(C)C[C@@H]2CC(C)(C)C3)n1C. The van der Waals surface area contributed by atoms with Gasteiger partial charge in [0, 0.05) is 25.2 Å². The number of benzene rings is 1. The highest BCUT2D eigenvalue weighted by Gasteiger charge is 2.50. The van der Waals surface area contributed by atoms with Crippen LogP contribution in [0, 0.1) is 17.8 Å². The maximum atomic E-state index is 13.0. The highest BCUT2D eigenvalue weighted by Crippen LogP contribution is 2.52. The van der Waals surface area contributed by atoms with E-state index < -0.39 is 0 Å². The van der Waals surface area contributed by atoms with Gasteiger partial charge in [-0.3, -0.25) is 4.79 Å². The lowest BCUT2D eigenvalue weighted by molar-refractivity contribution is -0.129. The molecular formula is C22H30N4OS. The fourth-order valence-electron chi connectivity index (χ4n) is 5.46. The number of nitrogens with zero attached hydrogens (tertiary/aromatic N) is 4. The molecule has 1 aliphatic heterocycles. The van der Waals surface area contributed by atoms with Crippen LogP contribution in [0.4, 0.5) is 0 Å². The Morgan fingerprint density at radius 1 is 1.21 bits per heavy atom. The minimum Gasteiger partial charge on any atom is -0.338 e. The van der Waals surface area contributed by atoms with Crippen LogP contribution in [0.2, 0.25) is 0 Å². The standard InChI is InChI=1S/C22H30N4OS/c1-15-8-6-7-9-17(15)19-23-24-20(25(19)5)28-12-18(27)26-14-22(4)11-16(26)10-21(2,3)13-22/h6-9,16H,10-14H2,1-5H3/t16-,22-/m0/s1. The molecule has 1 aliphatic carbocycles. The first kappa shape index (κ1) is 19.5. The molecule has 0 spiro atoms. The lowest BCUT2D eigenvalue weighted by Crippen LogP contribution is -2.38. The van der Waals surface area contributed by atoms with E-state index in [0.717, 1.165) is 35.9 Å². The van der Waals surface area contributed by atoms with Crippen molar-refractivity contribution in [3.63, 3.8) is 0 Å². The Balaban J connectivity index is 1.45. The van der Waals surface area contributed by atoms with E-state index in [4.69, 9.17) is 0 Å². The third kappa shape index (κ3) is 3.59. The van der Waals surface area contributed by atoms with Crippen molar-refractivity contribution >= 4 is 17.7 Å². The molecule has 5 nitrogen and oxygen atoms in total. The molecule has 0 unspecified atom stereocenters. The van der Waals surface area contributed by atoms with Gasteiger partial charge in [0.1, 0.15) is 0 Å². The largest absolute Gasteiger partial charge is 0.338 e. The summed E-state index contributed by atoms with van der Waals surface area (Å²) >= 11 is 1.49. The summed E-state index contributed by atoms with van der Waals surface area (Å²) in [6.45, 7) is 10.00. The van der Waals surface area contributed by atoms with Crippen LogP contribution in [-0.4, -0.2) is 43.9 Å². The summed E-state index contributed by atoms with van der Waals surface area (Å²) in [4.78, 5) is 15.1. The highest BCUT2D eigenvalue weighted by atomic mass is 32.2. The van der Waals surface area contributed by atoms with Crippen LogP contribution in [0.15, 0.2) is 29.4 Å². The zero-order valence-electron chi connectivity index (χ0n) is 17.5. The van der Waals surface area contributed by atoms with Gasteiger partial charge in [-0.25, -0.2) is 0 Å². The maximum Gasteiger partial charge on any atom is 0.233 e. The van der Waals surface area contributed by atoms with Gasteiger partial charge in [0.15, 0.2) is 11.0 Å². The summed E-state index contributed by atoms with van der Waals surface area (Å²) in [5.41, 5.74) is 2.85. The van der Waals surface area contributed by atoms with Crippen LogP contribution in [0.1, 0.15) is 45.6 Å². The van der Waals surface area contributed by atoms with E-state index in [9.17, 15) is 4.79 Å². The molecule has 0 radical (unpaired) electrons. The molecule has 2 aromatic rings. The van der Waals surface area contributed by atoms with Gasteiger partial charge < -0.3 is 9.47 Å². The molecule has 1 saturated carbocycles. The van der Waals surface area contributed by atoms with Gasteiger partial charge in [-0.15, -0.1) is 10.2 Å². The lowest BCUT2D eigenvalue weighted by Gasteiger charge is -2.39. The first-order chi connectivity index (χ1) is 13.2. The second-order valence-electron chi connectivity index (χ2n) is 9.70. The van der Waals surface area contributed by atoms with Gasteiger partial charge in [-0.1, -0.05) is 56.8 Å². The number of aryl methyl sites for hydroxylation is 1. The van der Waals surface area contributed by atoms with Crippen molar-refractivity contribution in [1.82, 2.24) is 19.7 Å². The molecule has 2 atom stereocenters. The van der Waals surface area contributed by atoms with E-state index >= 15 is 0 Å². The lowest BCUT2D eigenvalue weighted by atomic mass is 9.65. The predicted molar refractivity (Wildman–Crippen MR) is 113 cm³/mol. The molecule has 2 fully saturated rings. The maximum absolute atomic E-state index is 13.0. The summed E-state index contributed by atoms with van der Waals surface area (Å²) in [6.07, 6.45) is 3.46. The van der Waals surface area contributed by atoms with Crippen molar-refractivity contribution in [2.45, 2.75) is 58.2 Å². The van der Waals surface area contributed by atoms with Crippen molar-refractivity contribution in [2.24, 2.45) is 17.9 Å².